The lowest BCUT2D eigenvalue weighted by molar-refractivity contribution is -0.227. The molecule has 5 nitrogen and oxygen atoms in total. The van der Waals surface area contributed by atoms with Gasteiger partial charge in [0.1, 0.15) is 6.61 Å². The van der Waals surface area contributed by atoms with Crippen LogP contribution in [0.3, 0.4) is 0 Å². The van der Waals surface area contributed by atoms with Gasteiger partial charge in [-0.3, -0.25) is 9.59 Å². The highest BCUT2D eigenvalue weighted by Crippen LogP contribution is 2.21. The average molecular weight is 230 g/mol. The molecular weight excluding hydrogens is 212 g/mol. The Morgan fingerprint density at radius 2 is 2.19 bits per heavy atom. The van der Waals surface area contributed by atoms with Crippen LogP contribution in [0.1, 0.15) is 33.1 Å². The van der Waals surface area contributed by atoms with Crippen LogP contribution in [0.2, 0.25) is 0 Å². The van der Waals surface area contributed by atoms with Crippen LogP contribution in [0.4, 0.5) is 0 Å². The Bertz CT molecular complexity index is 263. The maximum Gasteiger partial charge on any atom is 0.305 e. The lowest BCUT2D eigenvalue weighted by Crippen LogP contribution is -2.36. The summed E-state index contributed by atoms with van der Waals surface area (Å²) < 4.78 is 15.7. The molecule has 0 radical (unpaired) electrons. The zero-order valence-electron chi connectivity index (χ0n) is 9.78. The Morgan fingerprint density at radius 3 is 2.88 bits per heavy atom. The lowest BCUT2D eigenvalue weighted by atomic mass is 10.1. The highest BCUT2D eigenvalue weighted by molar-refractivity contribution is 5.79. The average Bonchev–Trinajstić information content (AvgIpc) is 2.19. The van der Waals surface area contributed by atoms with E-state index in [1.807, 2.05) is 0 Å². The second-order valence-electron chi connectivity index (χ2n) is 4.02. The number of hydrogen-bond donors (Lipinski definition) is 0. The van der Waals surface area contributed by atoms with E-state index in [0.29, 0.717) is 32.5 Å². The summed E-state index contributed by atoms with van der Waals surface area (Å²) in [5, 5.41) is 0. The summed E-state index contributed by atoms with van der Waals surface area (Å²) in [6, 6.07) is 0. The van der Waals surface area contributed by atoms with Crippen molar-refractivity contribution in [1.82, 2.24) is 0 Å². The van der Waals surface area contributed by atoms with Crippen molar-refractivity contribution in [3.05, 3.63) is 0 Å². The largest absolute Gasteiger partial charge is 0.434 e. The fourth-order valence-corrected chi connectivity index (χ4v) is 1.53. The summed E-state index contributed by atoms with van der Waals surface area (Å²) in [6.45, 7) is 4.10. The van der Waals surface area contributed by atoms with Crippen LogP contribution in [-0.2, 0) is 23.8 Å². The zero-order chi connectivity index (χ0) is 12.0. The summed E-state index contributed by atoms with van der Waals surface area (Å²) in [7, 11) is 0. The van der Waals surface area contributed by atoms with E-state index in [1.54, 1.807) is 6.92 Å². The number of esters is 1. The molecule has 0 amide bonds. The maximum absolute atomic E-state index is 11.4. The first kappa shape index (κ1) is 13.1. The Kier molecular flexibility index (Phi) is 4.89. The van der Waals surface area contributed by atoms with Crippen LogP contribution in [0.15, 0.2) is 0 Å². The molecule has 16 heavy (non-hydrogen) atoms. The van der Waals surface area contributed by atoms with Crippen molar-refractivity contribution in [2.75, 3.05) is 19.8 Å². The van der Waals surface area contributed by atoms with Gasteiger partial charge >= 0.3 is 5.97 Å². The third kappa shape index (κ3) is 4.72. The number of ether oxygens (including phenoxy) is 3. The van der Waals surface area contributed by atoms with Crippen molar-refractivity contribution in [2.45, 2.75) is 38.9 Å². The van der Waals surface area contributed by atoms with Crippen LogP contribution >= 0.6 is 0 Å². The smallest absolute Gasteiger partial charge is 0.305 e. The molecule has 0 aromatic rings. The molecule has 0 bridgehead atoms. The van der Waals surface area contributed by atoms with E-state index >= 15 is 0 Å². The summed E-state index contributed by atoms with van der Waals surface area (Å²) in [4.78, 5) is 22.3. The van der Waals surface area contributed by atoms with Crippen molar-refractivity contribution in [3.63, 3.8) is 0 Å². The van der Waals surface area contributed by atoms with Gasteiger partial charge in [0.25, 0.3) is 0 Å². The van der Waals surface area contributed by atoms with E-state index in [4.69, 9.17) is 14.2 Å². The predicted octanol–water partition coefficient (Wildman–Crippen LogP) is 1.05. The van der Waals surface area contributed by atoms with Crippen molar-refractivity contribution in [2.24, 2.45) is 0 Å². The van der Waals surface area contributed by atoms with Gasteiger partial charge in [0.05, 0.1) is 6.61 Å². The van der Waals surface area contributed by atoms with Gasteiger partial charge in [0.15, 0.2) is 5.78 Å². The molecule has 1 rings (SSSR count). The predicted molar refractivity (Wildman–Crippen MR) is 55.8 cm³/mol. The number of ketones is 1. The molecular formula is C11H18O5. The van der Waals surface area contributed by atoms with Gasteiger partial charge in [-0.05, 0) is 6.42 Å². The molecule has 1 aliphatic rings. The van der Waals surface area contributed by atoms with Crippen LogP contribution in [0.5, 0.6) is 0 Å². The van der Waals surface area contributed by atoms with E-state index in [9.17, 15) is 9.59 Å². The van der Waals surface area contributed by atoms with E-state index in [0.717, 1.165) is 0 Å². The van der Waals surface area contributed by atoms with E-state index in [2.05, 4.69) is 0 Å². The second kappa shape index (κ2) is 5.96. The van der Waals surface area contributed by atoms with Crippen molar-refractivity contribution in [1.29, 1.82) is 0 Å². The monoisotopic (exact) mass is 230 g/mol. The van der Waals surface area contributed by atoms with E-state index in [-0.39, 0.29) is 12.4 Å². The maximum atomic E-state index is 11.4. The molecule has 1 saturated heterocycles. The molecule has 0 aromatic heterocycles. The van der Waals surface area contributed by atoms with Gasteiger partial charge in [0, 0.05) is 33.3 Å². The standard InChI is InChI=1S/C11H18O5/c1-9(12)16-11(2)5-4-10(13)8-14-6-3-7-15-11/h3-8H2,1-2H3. The molecule has 5 heteroatoms. The molecule has 1 unspecified atom stereocenters. The van der Waals surface area contributed by atoms with Gasteiger partial charge in [-0.2, -0.15) is 0 Å². The van der Waals surface area contributed by atoms with Gasteiger partial charge in [-0.15, -0.1) is 0 Å². The first-order valence-electron chi connectivity index (χ1n) is 5.45. The molecule has 1 atom stereocenters. The highest BCUT2D eigenvalue weighted by Gasteiger charge is 2.29. The number of rotatable bonds is 1. The van der Waals surface area contributed by atoms with Gasteiger partial charge in [0.2, 0.25) is 5.79 Å². The summed E-state index contributed by atoms with van der Waals surface area (Å²) in [6.07, 6.45) is 1.35. The molecule has 0 aliphatic carbocycles. The third-order valence-electron chi connectivity index (χ3n) is 2.32. The third-order valence-corrected chi connectivity index (χ3v) is 2.32. The quantitative estimate of drug-likeness (QED) is 0.630. The normalized spacial score (nSPS) is 28.5. The molecule has 0 aromatic carbocycles. The number of Topliss-reactive ketones (excluding diaryl/α,β-unsaturated/α-hetero) is 1. The minimum atomic E-state index is -0.987. The molecule has 1 fully saturated rings. The second-order valence-corrected chi connectivity index (χ2v) is 4.02. The Morgan fingerprint density at radius 1 is 1.44 bits per heavy atom. The topological polar surface area (TPSA) is 61.8 Å². The van der Waals surface area contributed by atoms with E-state index in [1.165, 1.54) is 6.92 Å². The van der Waals surface area contributed by atoms with Crippen molar-refractivity contribution < 1.29 is 23.8 Å². The SMILES string of the molecule is CC(=O)OC1(C)CCC(=O)COCCCO1. The Hall–Kier alpha value is -0.940. The number of hydrogen-bond acceptors (Lipinski definition) is 5. The Labute approximate surface area is 95.0 Å². The molecule has 1 aliphatic heterocycles. The lowest BCUT2D eigenvalue weighted by Gasteiger charge is -2.29. The van der Waals surface area contributed by atoms with Gasteiger partial charge in [-0.25, -0.2) is 0 Å². The minimum Gasteiger partial charge on any atom is -0.434 e. The number of carbonyl (C=O) groups is 2. The summed E-state index contributed by atoms with van der Waals surface area (Å²) >= 11 is 0. The van der Waals surface area contributed by atoms with Crippen LogP contribution in [0, 0.1) is 0 Å². The van der Waals surface area contributed by atoms with Crippen LogP contribution in [-0.4, -0.2) is 37.4 Å². The summed E-state index contributed by atoms with van der Waals surface area (Å²) in [5.74, 6) is -1.38. The van der Waals surface area contributed by atoms with Crippen molar-refractivity contribution in [3.8, 4) is 0 Å². The zero-order valence-corrected chi connectivity index (χ0v) is 9.78. The van der Waals surface area contributed by atoms with Crippen molar-refractivity contribution >= 4 is 11.8 Å². The van der Waals surface area contributed by atoms with Gasteiger partial charge < -0.3 is 14.2 Å². The molecule has 0 spiro atoms. The molecule has 92 valence electrons. The first-order chi connectivity index (χ1) is 7.52. The first-order valence-corrected chi connectivity index (χ1v) is 5.45. The number of carbonyl (C=O) groups excluding carboxylic acids is 2. The van der Waals surface area contributed by atoms with Crippen LogP contribution < -0.4 is 0 Å². The Balaban J connectivity index is 2.57. The minimum absolute atomic E-state index is 0.00359. The fourth-order valence-electron chi connectivity index (χ4n) is 1.53. The summed E-state index contributed by atoms with van der Waals surface area (Å²) in [5.41, 5.74) is 0. The fraction of sp³-hybridized carbons (Fsp3) is 0.818. The molecule has 0 N–H and O–H groups in total. The van der Waals surface area contributed by atoms with E-state index < -0.39 is 11.8 Å². The van der Waals surface area contributed by atoms with Gasteiger partial charge in [-0.1, -0.05) is 0 Å². The highest BCUT2D eigenvalue weighted by atomic mass is 16.7. The molecule has 1 heterocycles. The molecule has 0 saturated carbocycles. The van der Waals surface area contributed by atoms with Crippen LogP contribution in [0.25, 0.3) is 0 Å².